The van der Waals surface area contributed by atoms with E-state index >= 15 is 0 Å². The number of ketones is 1. The number of aliphatic hydroxyl groups is 1. The van der Waals surface area contributed by atoms with Crippen LogP contribution in [0.5, 0.6) is 0 Å². The number of para-hydroxylation sites is 1. The van der Waals surface area contributed by atoms with Gasteiger partial charge in [0.25, 0.3) is 23.1 Å². The van der Waals surface area contributed by atoms with Crippen molar-refractivity contribution in [3.05, 3.63) is 85.5 Å². The standard InChI is InChI=1S/C21H19N3O7/c1-2-3-12-22-18(15-6-4-5-7-16(15)24(30)31)17(20(26)21(22)27)19(25)13-8-10-14(11-9-13)23(28)29/h4-11,18,25H,2-3,12H2,1H3/t18-/m1/s1. The maximum Gasteiger partial charge on any atom is 0.295 e. The van der Waals surface area contributed by atoms with Crippen LogP contribution in [0.25, 0.3) is 5.76 Å². The lowest BCUT2D eigenvalue weighted by molar-refractivity contribution is -0.385. The molecule has 160 valence electrons. The highest BCUT2D eigenvalue weighted by Crippen LogP contribution is 2.42. The van der Waals surface area contributed by atoms with Crippen molar-refractivity contribution in [2.24, 2.45) is 0 Å². The van der Waals surface area contributed by atoms with Crippen molar-refractivity contribution >= 4 is 28.8 Å². The third kappa shape index (κ3) is 4.00. The van der Waals surface area contributed by atoms with E-state index in [0.29, 0.717) is 6.42 Å². The number of aliphatic hydroxyl groups excluding tert-OH is 1. The fourth-order valence-electron chi connectivity index (χ4n) is 3.54. The summed E-state index contributed by atoms with van der Waals surface area (Å²) < 4.78 is 0. The Morgan fingerprint density at radius 2 is 1.68 bits per heavy atom. The second-order valence-corrected chi connectivity index (χ2v) is 6.97. The zero-order chi connectivity index (χ0) is 22.7. The minimum atomic E-state index is -1.15. The topological polar surface area (TPSA) is 144 Å². The van der Waals surface area contributed by atoms with Crippen LogP contribution in [-0.2, 0) is 9.59 Å². The maximum atomic E-state index is 12.8. The summed E-state index contributed by atoms with van der Waals surface area (Å²) in [6.45, 7) is 2.07. The number of unbranched alkanes of at least 4 members (excludes halogenated alkanes) is 1. The Morgan fingerprint density at radius 3 is 2.26 bits per heavy atom. The van der Waals surface area contributed by atoms with Gasteiger partial charge in [-0.3, -0.25) is 29.8 Å². The van der Waals surface area contributed by atoms with Gasteiger partial charge in [0.05, 0.1) is 27.0 Å². The summed E-state index contributed by atoms with van der Waals surface area (Å²) in [6.07, 6.45) is 1.27. The number of hydrogen-bond donors (Lipinski definition) is 1. The van der Waals surface area contributed by atoms with Gasteiger partial charge < -0.3 is 10.0 Å². The number of carbonyl (C=O) groups is 2. The first kappa shape index (κ1) is 21.6. The number of nitro benzene ring substituents is 2. The predicted molar refractivity (Wildman–Crippen MR) is 110 cm³/mol. The molecule has 1 saturated heterocycles. The molecule has 1 amide bonds. The largest absolute Gasteiger partial charge is 0.507 e. The molecule has 1 aliphatic heterocycles. The first-order valence-electron chi connectivity index (χ1n) is 9.54. The average Bonchev–Trinajstić information content (AvgIpc) is 3.01. The van der Waals surface area contributed by atoms with Gasteiger partial charge in [0.1, 0.15) is 5.76 Å². The summed E-state index contributed by atoms with van der Waals surface area (Å²) in [6, 6.07) is 9.39. The number of benzene rings is 2. The molecule has 1 atom stereocenters. The minimum Gasteiger partial charge on any atom is -0.507 e. The highest BCUT2D eigenvalue weighted by molar-refractivity contribution is 6.46. The fourth-order valence-corrected chi connectivity index (χ4v) is 3.54. The molecule has 10 heteroatoms. The molecule has 0 unspecified atom stereocenters. The van der Waals surface area contributed by atoms with Crippen LogP contribution < -0.4 is 0 Å². The van der Waals surface area contributed by atoms with E-state index in [9.17, 15) is 34.9 Å². The lowest BCUT2D eigenvalue weighted by Crippen LogP contribution is -2.30. The normalized spacial score (nSPS) is 17.7. The first-order valence-corrected chi connectivity index (χ1v) is 9.54. The van der Waals surface area contributed by atoms with E-state index in [1.54, 1.807) is 6.07 Å². The third-order valence-corrected chi connectivity index (χ3v) is 5.07. The number of non-ortho nitro benzene ring substituents is 1. The van der Waals surface area contributed by atoms with Crippen molar-refractivity contribution in [2.75, 3.05) is 6.54 Å². The SMILES string of the molecule is CCCCN1C(=O)C(=O)C(=C(O)c2ccc([N+](=O)[O-])cc2)[C@H]1c1ccccc1[N+](=O)[O-]. The van der Waals surface area contributed by atoms with Gasteiger partial charge in [-0.25, -0.2) is 0 Å². The van der Waals surface area contributed by atoms with E-state index in [4.69, 9.17) is 0 Å². The molecule has 0 saturated carbocycles. The Bertz CT molecular complexity index is 1090. The molecule has 31 heavy (non-hydrogen) atoms. The maximum absolute atomic E-state index is 12.8. The molecule has 0 bridgehead atoms. The Balaban J connectivity index is 2.21. The number of hydrogen-bond acceptors (Lipinski definition) is 7. The van der Waals surface area contributed by atoms with Crippen LogP contribution in [0.4, 0.5) is 11.4 Å². The van der Waals surface area contributed by atoms with Crippen molar-refractivity contribution in [1.29, 1.82) is 0 Å². The van der Waals surface area contributed by atoms with Crippen molar-refractivity contribution in [2.45, 2.75) is 25.8 Å². The number of Topliss-reactive ketones (excluding diaryl/α,β-unsaturated/α-hetero) is 1. The molecular formula is C21H19N3O7. The molecule has 3 rings (SSSR count). The summed E-state index contributed by atoms with van der Waals surface area (Å²) in [4.78, 5) is 48.1. The number of likely N-dealkylation sites (tertiary alicyclic amines) is 1. The zero-order valence-corrected chi connectivity index (χ0v) is 16.6. The molecule has 1 fully saturated rings. The molecule has 1 aliphatic rings. The lowest BCUT2D eigenvalue weighted by Gasteiger charge is -2.25. The fraction of sp³-hybridized carbons (Fsp3) is 0.238. The summed E-state index contributed by atoms with van der Waals surface area (Å²) >= 11 is 0. The molecule has 0 aromatic heterocycles. The smallest absolute Gasteiger partial charge is 0.295 e. The molecule has 0 aliphatic carbocycles. The van der Waals surface area contributed by atoms with Gasteiger partial charge in [-0.15, -0.1) is 0 Å². The molecule has 10 nitrogen and oxygen atoms in total. The Labute approximate surface area is 176 Å². The Hall–Kier alpha value is -4.08. The van der Waals surface area contributed by atoms with E-state index in [0.717, 1.165) is 18.6 Å². The molecule has 2 aromatic rings. The quantitative estimate of drug-likeness (QED) is 0.234. The molecule has 0 radical (unpaired) electrons. The Kier molecular flexibility index (Phi) is 6.10. The van der Waals surface area contributed by atoms with Crippen LogP contribution in [0.2, 0.25) is 0 Å². The molecule has 2 aromatic carbocycles. The average molecular weight is 425 g/mol. The van der Waals surface area contributed by atoms with Crippen LogP contribution in [0, 0.1) is 20.2 Å². The number of nitrogens with zero attached hydrogens (tertiary/aromatic N) is 3. The number of amides is 1. The first-order chi connectivity index (χ1) is 14.8. The highest BCUT2D eigenvalue weighted by Gasteiger charge is 2.47. The lowest BCUT2D eigenvalue weighted by atomic mass is 9.94. The van der Waals surface area contributed by atoms with Crippen molar-refractivity contribution in [3.8, 4) is 0 Å². The van der Waals surface area contributed by atoms with Gasteiger partial charge in [0.2, 0.25) is 0 Å². The minimum absolute atomic E-state index is 0.0858. The molecule has 0 spiro atoms. The number of carbonyl (C=O) groups excluding carboxylic acids is 2. The van der Waals surface area contributed by atoms with Crippen LogP contribution in [0.1, 0.15) is 36.9 Å². The van der Waals surface area contributed by atoms with Gasteiger partial charge in [0, 0.05) is 30.3 Å². The van der Waals surface area contributed by atoms with Crippen LogP contribution in [-0.4, -0.2) is 38.1 Å². The van der Waals surface area contributed by atoms with Crippen LogP contribution in [0.3, 0.4) is 0 Å². The summed E-state index contributed by atoms with van der Waals surface area (Å²) in [5.74, 6) is -2.37. The van der Waals surface area contributed by atoms with E-state index in [2.05, 4.69) is 0 Å². The molecule has 1 heterocycles. The second kappa shape index (κ2) is 8.74. The Morgan fingerprint density at radius 1 is 1.03 bits per heavy atom. The zero-order valence-electron chi connectivity index (χ0n) is 16.6. The van der Waals surface area contributed by atoms with Crippen LogP contribution in [0.15, 0.2) is 54.1 Å². The summed E-state index contributed by atoms with van der Waals surface area (Å²) in [5.41, 5.74) is -0.598. The van der Waals surface area contributed by atoms with E-state index in [1.807, 2.05) is 6.92 Å². The van der Waals surface area contributed by atoms with Crippen molar-refractivity contribution in [3.63, 3.8) is 0 Å². The molecule has 1 N–H and O–H groups in total. The predicted octanol–water partition coefficient (Wildman–Crippen LogP) is 3.72. The summed E-state index contributed by atoms with van der Waals surface area (Å²) in [5, 5.41) is 33.3. The van der Waals surface area contributed by atoms with Crippen molar-refractivity contribution < 1.29 is 24.5 Å². The third-order valence-electron chi connectivity index (χ3n) is 5.07. The van der Waals surface area contributed by atoms with Gasteiger partial charge in [0.15, 0.2) is 0 Å². The summed E-state index contributed by atoms with van der Waals surface area (Å²) in [7, 11) is 0. The number of rotatable bonds is 7. The highest BCUT2D eigenvalue weighted by atomic mass is 16.6. The van der Waals surface area contributed by atoms with Crippen LogP contribution >= 0.6 is 0 Å². The van der Waals surface area contributed by atoms with E-state index in [1.165, 1.54) is 35.2 Å². The van der Waals surface area contributed by atoms with E-state index < -0.39 is 33.3 Å². The van der Waals surface area contributed by atoms with Gasteiger partial charge >= 0.3 is 0 Å². The van der Waals surface area contributed by atoms with Gasteiger partial charge in [-0.1, -0.05) is 25.5 Å². The van der Waals surface area contributed by atoms with Crippen molar-refractivity contribution in [1.82, 2.24) is 4.90 Å². The molecular weight excluding hydrogens is 406 g/mol. The monoisotopic (exact) mass is 425 g/mol. The van der Waals surface area contributed by atoms with Gasteiger partial charge in [-0.05, 0) is 24.6 Å². The number of nitro groups is 2. The van der Waals surface area contributed by atoms with E-state index in [-0.39, 0.29) is 34.6 Å². The second-order valence-electron chi connectivity index (χ2n) is 6.97. The van der Waals surface area contributed by atoms with Gasteiger partial charge in [-0.2, -0.15) is 0 Å².